The number of rotatable bonds is 5. The van der Waals surface area contributed by atoms with Gasteiger partial charge < -0.3 is 19.2 Å². The number of likely N-dealkylation sites (tertiary alicyclic amines) is 1. The van der Waals surface area contributed by atoms with Crippen LogP contribution in [0.5, 0.6) is 0 Å². The average Bonchev–Trinajstić information content (AvgIpc) is 2.75. The first-order valence-corrected chi connectivity index (χ1v) is 11.9. The normalized spacial score (nSPS) is 22.2. The molecule has 6 nitrogen and oxygen atoms in total. The van der Waals surface area contributed by atoms with Gasteiger partial charge in [-0.1, -0.05) is 20.8 Å². The fourth-order valence-corrected chi connectivity index (χ4v) is 4.02. The van der Waals surface area contributed by atoms with E-state index in [1.807, 2.05) is 20.8 Å². The molecule has 0 spiro atoms. The molecule has 146 valence electrons. The van der Waals surface area contributed by atoms with Crippen LogP contribution in [-0.4, -0.2) is 54.7 Å². The van der Waals surface area contributed by atoms with Gasteiger partial charge in [0.25, 0.3) is 0 Å². The van der Waals surface area contributed by atoms with Crippen molar-refractivity contribution in [3.05, 3.63) is 0 Å². The third-order valence-electron chi connectivity index (χ3n) is 4.96. The molecule has 7 heteroatoms. The van der Waals surface area contributed by atoms with Gasteiger partial charge in [0, 0.05) is 19.0 Å². The van der Waals surface area contributed by atoms with Crippen molar-refractivity contribution in [3.8, 4) is 0 Å². The summed E-state index contributed by atoms with van der Waals surface area (Å²) in [7, 11) is -1.95. The molecule has 0 aromatic heterocycles. The number of carboxylic acid groups (broad SMARTS) is 1. The molecule has 1 amide bonds. The number of carbonyl (C=O) groups excluding carboxylic acids is 1. The standard InChI is InChI=1S/C18H35NO5Si/c1-17(2,3)23-16(22)19-12-14(11-13(19)9-10-15(20)21)24-25(7,8)18(4,5)6/h13-14H,9-12H2,1-8H3,(H,20,21)/t13-,14+/m0/s1. The number of nitrogens with zero attached hydrogens (tertiary/aromatic N) is 1. The number of carbonyl (C=O) groups is 2. The molecule has 1 aliphatic rings. The second-order valence-corrected chi connectivity index (χ2v) is 14.2. The quantitative estimate of drug-likeness (QED) is 0.729. The molecule has 0 aliphatic carbocycles. The topological polar surface area (TPSA) is 76.1 Å². The molecule has 1 saturated heterocycles. The van der Waals surface area contributed by atoms with Crippen LogP contribution in [0.1, 0.15) is 60.8 Å². The SMILES string of the molecule is CC(C)(C)OC(=O)N1C[C@H](O[Si](C)(C)C(C)(C)C)C[C@@H]1CCC(=O)O. The summed E-state index contributed by atoms with van der Waals surface area (Å²) in [6.45, 7) is 16.9. The van der Waals surface area contributed by atoms with Gasteiger partial charge >= 0.3 is 12.1 Å². The summed E-state index contributed by atoms with van der Waals surface area (Å²) in [5.74, 6) is -0.849. The van der Waals surface area contributed by atoms with E-state index in [0.717, 1.165) is 0 Å². The van der Waals surface area contributed by atoms with Crippen molar-refractivity contribution in [1.29, 1.82) is 0 Å². The fourth-order valence-electron chi connectivity index (χ4n) is 2.66. The Morgan fingerprint density at radius 2 is 1.72 bits per heavy atom. The summed E-state index contributed by atoms with van der Waals surface area (Å²) in [5, 5.41) is 9.07. The van der Waals surface area contributed by atoms with Gasteiger partial charge in [0.15, 0.2) is 8.32 Å². The number of hydrogen-bond donors (Lipinski definition) is 1. The maximum atomic E-state index is 12.5. The van der Waals surface area contributed by atoms with Crippen molar-refractivity contribution in [3.63, 3.8) is 0 Å². The van der Waals surface area contributed by atoms with Crippen LogP contribution in [-0.2, 0) is 14.0 Å². The highest BCUT2D eigenvalue weighted by atomic mass is 28.4. The first kappa shape index (κ1) is 22.0. The van der Waals surface area contributed by atoms with Crippen molar-refractivity contribution in [2.75, 3.05) is 6.54 Å². The van der Waals surface area contributed by atoms with E-state index in [-0.39, 0.29) is 29.7 Å². The van der Waals surface area contributed by atoms with E-state index in [9.17, 15) is 9.59 Å². The Hall–Kier alpha value is -1.08. The predicted octanol–water partition coefficient (Wildman–Crippen LogP) is 4.25. The highest BCUT2D eigenvalue weighted by Crippen LogP contribution is 2.39. The average molecular weight is 374 g/mol. The molecular weight excluding hydrogens is 338 g/mol. The second-order valence-electron chi connectivity index (χ2n) is 9.45. The van der Waals surface area contributed by atoms with Gasteiger partial charge in [-0.3, -0.25) is 4.79 Å². The number of ether oxygens (including phenoxy) is 1. The van der Waals surface area contributed by atoms with Crippen LogP contribution in [0.25, 0.3) is 0 Å². The Labute approximate surface area is 153 Å². The monoisotopic (exact) mass is 373 g/mol. The lowest BCUT2D eigenvalue weighted by Gasteiger charge is -2.38. The smallest absolute Gasteiger partial charge is 0.410 e. The molecule has 1 heterocycles. The van der Waals surface area contributed by atoms with Crippen LogP contribution in [0, 0.1) is 0 Å². The molecular formula is C18H35NO5Si. The zero-order valence-electron chi connectivity index (χ0n) is 17.0. The van der Waals surface area contributed by atoms with E-state index >= 15 is 0 Å². The van der Waals surface area contributed by atoms with Gasteiger partial charge in [0.05, 0.1) is 6.10 Å². The minimum absolute atomic E-state index is 0.0385. The summed E-state index contributed by atoms with van der Waals surface area (Å²) in [5.41, 5.74) is -0.577. The molecule has 0 unspecified atom stereocenters. The molecule has 0 aromatic carbocycles. The van der Waals surface area contributed by atoms with Crippen molar-refractivity contribution in [2.24, 2.45) is 0 Å². The van der Waals surface area contributed by atoms with Crippen LogP contribution in [0.4, 0.5) is 4.79 Å². The van der Waals surface area contributed by atoms with Gasteiger partial charge in [-0.05, 0) is 51.7 Å². The molecule has 1 N–H and O–H groups in total. The molecule has 1 fully saturated rings. The Bertz CT molecular complexity index is 493. The fraction of sp³-hybridized carbons (Fsp3) is 0.889. The summed E-state index contributed by atoms with van der Waals surface area (Å²) >= 11 is 0. The largest absolute Gasteiger partial charge is 0.481 e. The van der Waals surface area contributed by atoms with E-state index in [1.165, 1.54) is 0 Å². The molecule has 0 bridgehead atoms. The van der Waals surface area contributed by atoms with Crippen molar-refractivity contribution < 1.29 is 23.9 Å². The third-order valence-corrected chi connectivity index (χ3v) is 9.50. The van der Waals surface area contributed by atoms with E-state index in [0.29, 0.717) is 19.4 Å². The molecule has 25 heavy (non-hydrogen) atoms. The molecule has 2 atom stereocenters. The van der Waals surface area contributed by atoms with E-state index in [2.05, 4.69) is 33.9 Å². The third kappa shape index (κ3) is 6.62. The highest BCUT2D eigenvalue weighted by molar-refractivity contribution is 6.74. The number of amides is 1. The molecule has 0 radical (unpaired) electrons. The minimum Gasteiger partial charge on any atom is -0.481 e. The molecule has 1 rings (SSSR count). The van der Waals surface area contributed by atoms with E-state index in [1.54, 1.807) is 4.90 Å². The molecule has 1 aliphatic heterocycles. The van der Waals surface area contributed by atoms with Gasteiger partial charge in [-0.15, -0.1) is 0 Å². The lowest BCUT2D eigenvalue weighted by atomic mass is 10.1. The Morgan fingerprint density at radius 3 is 2.16 bits per heavy atom. The van der Waals surface area contributed by atoms with Crippen LogP contribution in [0.15, 0.2) is 0 Å². The van der Waals surface area contributed by atoms with Gasteiger partial charge in [-0.2, -0.15) is 0 Å². The summed E-state index contributed by atoms with van der Waals surface area (Å²) in [6, 6.07) is -0.152. The van der Waals surface area contributed by atoms with Crippen LogP contribution in [0.2, 0.25) is 18.1 Å². The summed E-state index contributed by atoms with van der Waals surface area (Å²) in [6.07, 6.45) is 0.679. The van der Waals surface area contributed by atoms with Crippen LogP contribution in [0.3, 0.4) is 0 Å². The maximum absolute atomic E-state index is 12.5. The zero-order valence-corrected chi connectivity index (χ0v) is 18.0. The van der Waals surface area contributed by atoms with Crippen molar-refractivity contribution in [2.45, 2.75) is 96.7 Å². The Balaban J connectivity index is 2.86. The van der Waals surface area contributed by atoms with Gasteiger partial charge in [-0.25, -0.2) is 4.79 Å². The Morgan fingerprint density at radius 1 is 1.16 bits per heavy atom. The van der Waals surface area contributed by atoms with Gasteiger partial charge in [0.2, 0.25) is 0 Å². The second kappa shape index (κ2) is 7.66. The van der Waals surface area contributed by atoms with Crippen LogP contribution < -0.4 is 0 Å². The van der Waals surface area contributed by atoms with E-state index < -0.39 is 19.9 Å². The zero-order chi connectivity index (χ0) is 19.6. The maximum Gasteiger partial charge on any atom is 0.410 e. The molecule has 0 saturated carbocycles. The number of hydrogen-bond acceptors (Lipinski definition) is 4. The lowest BCUT2D eigenvalue weighted by Crippen LogP contribution is -2.45. The summed E-state index contributed by atoms with van der Waals surface area (Å²) < 4.78 is 12.0. The lowest BCUT2D eigenvalue weighted by molar-refractivity contribution is -0.137. The first-order chi connectivity index (χ1) is 11.1. The van der Waals surface area contributed by atoms with Crippen molar-refractivity contribution >= 4 is 20.4 Å². The van der Waals surface area contributed by atoms with E-state index in [4.69, 9.17) is 14.3 Å². The summed E-state index contributed by atoms with van der Waals surface area (Å²) in [4.78, 5) is 25.1. The van der Waals surface area contributed by atoms with Gasteiger partial charge in [0.1, 0.15) is 5.60 Å². The highest BCUT2D eigenvalue weighted by Gasteiger charge is 2.44. The first-order valence-electron chi connectivity index (χ1n) is 9.01. The predicted molar refractivity (Wildman–Crippen MR) is 100 cm³/mol. The number of carboxylic acids is 1. The Kier molecular flexibility index (Phi) is 6.73. The van der Waals surface area contributed by atoms with Crippen LogP contribution >= 0.6 is 0 Å². The number of aliphatic carboxylic acids is 1. The minimum atomic E-state index is -1.95. The van der Waals surface area contributed by atoms with Crippen molar-refractivity contribution in [1.82, 2.24) is 4.90 Å². The molecule has 0 aromatic rings.